The van der Waals surface area contributed by atoms with Gasteiger partial charge in [-0.2, -0.15) is 0 Å². The summed E-state index contributed by atoms with van der Waals surface area (Å²) in [6, 6.07) is 13.8. The lowest BCUT2D eigenvalue weighted by Gasteiger charge is -2.13. The number of imidazole rings is 1. The molecule has 4 heterocycles. The monoisotopic (exact) mass is 642 g/mol. The predicted octanol–water partition coefficient (Wildman–Crippen LogP) is 9.76. The van der Waals surface area contributed by atoms with E-state index in [4.69, 9.17) is 0 Å². The van der Waals surface area contributed by atoms with Gasteiger partial charge in [-0.3, -0.25) is 9.78 Å². The van der Waals surface area contributed by atoms with Crippen molar-refractivity contribution in [3.63, 3.8) is 0 Å². The fraction of sp³-hybridized carbons (Fsp3) is 0.325. The Morgan fingerprint density at radius 1 is 0.681 bits per heavy atom. The minimum atomic E-state index is 0. The first kappa shape index (κ1) is 46.7. The van der Waals surface area contributed by atoms with Crippen LogP contribution in [0.5, 0.6) is 0 Å². The second kappa shape index (κ2) is 31.2. The van der Waals surface area contributed by atoms with Crippen molar-refractivity contribution in [2.24, 2.45) is 0 Å². The van der Waals surface area contributed by atoms with E-state index in [0.717, 1.165) is 37.9 Å². The molecule has 0 radical (unpaired) electrons. The van der Waals surface area contributed by atoms with Crippen LogP contribution < -0.4 is 0 Å². The molecule has 47 heavy (non-hydrogen) atoms. The van der Waals surface area contributed by atoms with Crippen LogP contribution in [0.1, 0.15) is 64.5 Å². The molecule has 0 aliphatic carbocycles. The zero-order valence-electron chi connectivity index (χ0n) is 27.8. The van der Waals surface area contributed by atoms with Gasteiger partial charge in [0, 0.05) is 56.2 Å². The summed E-state index contributed by atoms with van der Waals surface area (Å²) >= 11 is 0. The number of hydrogen-bond donors (Lipinski definition) is 0. The summed E-state index contributed by atoms with van der Waals surface area (Å²) in [5, 5.41) is 0. The fourth-order valence-electron chi connectivity index (χ4n) is 3.64. The summed E-state index contributed by atoms with van der Waals surface area (Å²) in [6.07, 6.45) is 23.9. The van der Waals surface area contributed by atoms with Crippen molar-refractivity contribution in [1.82, 2.24) is 29.2 Å². The molecule has 5 rings (SSSR count). The highest BCUT2D eigenvalue weighted by molar-refractivity contribution is 5.77. The van der Waals surface area contributed by atoms with Crippen LogP contribution in [0.2, 0.25) is 0 Å². The molecule has 0 spiro atoms. The molecule has 0 unspecified atom stereocenters. The van der Waals surface area contributed by atoms with Gasteiger partial charge >= 0.3 is 0 Å². The first-order chi connectivity index (χ1) is 21.7. The Hall–Kier alpha value is -4.75. The molecule has 7 nitrogen and oxygen atoms in total. The summed E-state index contributed by atoms with van der Waals surface area (Å²) in [5.41, 5.74) is 3.49. The molecule has 1 aromatic carbocycles. The smallest absolute Gasteiger partial charge is 0.226 e. The van der Waals surface area contributed by atoms with Gasteiger partial charge in [0.1, 0.15) is 0 Å². The van der Waals surface area contributed by atoms with E-state index in [1.165, 1.54) is 24.1 Å². The molecular weight excluding hydrogens is 580 g/mol. The SMILES string of the molecule is C.C.C=CN1CCCC1=C.C=CN1CCCCCC1=O.C=Cc1ccccc1.C=Cc1ccncc1.C=Cn1ccnc1.CN(C)C. The molecule has 0 bridgehead atoms. The van der Waals surface area contributed by atoms with E-state index in [0.29, 0.717) is 6.42 Å². The minimum absolute atomic E-state index is 0. The van der Waals surface area contributed by atoms with E-state index in [1.54, 1.807) is 52.9 Å². The predicted molar refractivity (Wildman–Crippen MR) is 208 cm³/mol. The minimum Gasteiger partial charge on any atom is -0.353 e. The van der Waals surface area contributed by atoms with E-state index >= 15 is 0 Å². The Morgan fingerprint density at radius 2 is 1.23 bits per heavy atom. The number of carbonyl (C=O) groups is 1. The number of rotatable bonds is 5. The van der Waals surface area contributed by atoms with Gasteiger partial charge in [0.15, 0.2) is 0 Å². The van der Waals surface area contributed by atoms with Crippen molar-refractivity contribution in [1.29, 1.82) is 0 Å². The number of aromatic nitrogens is 3. The van der Waals surface area contributed by atoms with Gasteiger partial charge in [-0.15, -0.1) is 0 Å². The highest BCUT2D eigenvalue weighted by Gasteiger charge is 2.12. The number of likely N-dealkylation sites (tertiary alicyclic amines) is 2. The maximum Gasteiger partial charge on any atom is 0.226 e. The molecule has 2 fully saturated rings. The first-order valence-corrected chi connectivity index (χ1v) is 15.1. The Labute approximate surface area is 287 Å². The van der Waals surface area contributed by atoms with Crippen molar-refractivity contribution in [3.05, 3.63) is 142 Å². The van der Waals surface area contributed by atoms with E-state index in [2.05, 4.69) is 54.3 Å². The molecule has 2 saturated heterocycles. The molecular formula is C40H62N6O. The maximum atomic E-state index is 11.1. The Morgan fingerprint density at radius 3 is 1.60 bits per heavy atom. The number of carbonyl (C=O) groups excluding carboxylic acids is 1. The number of nitrogens with zero attached hydrogens (tertiary/aromatic N) is 6. The Bertz CT molecular complexity index is 1170. The molecule has 2 aromatic heterocycles. The Kier molecular flexibility index (Phi) is 31.0. The highest BCUT2D eigenvalue weighted by Crippen LogP contribution is 2.17. The molecule has 2 aliphatic rings. The zero-order valence-corrected chi connectivity index (χ0v) is 27.8. The second-order valence-electron chi connectivity index (χ2n) is 10.3. The lowest BCUT2D eigenvalue weighted by atomic mass is 10.2. The molecule has 0 N–H and O–H groups in total. The zero-order chi connectivity index (χ0) is 33.7. The summed E-state index contributed by atoms with van der Waals surface area (Å²) < 4.78 is 1.78. The average molecular weight is 643 g/mol. The lowest BCUT2D eigenvalue weighted by Crippen LogP contribution is -2.23. The average Bonchev–Trinajstić information content (AvgIpc) is 3.71. The van der Waals surface area contributed by atoms with Crippen molar-refractivity contribution in [3.8, 4) is 0 Å². The Balaban J connectivity index is -0.000000497. The lowest BCUT2D eigenvalue weighted by molar-refractivity contribution is -0.128. The number of hydrogen-bond acceptors (Lipinski definition) is 5. The fourth-order valence-corrected chi connectivity index (χ4v) is 3.64. The number of pyridine rings is 1. The maximum absolute atomic E-state index is 11.1. The molecule has 2 aliphatic heterocycles. The first-order valence-electron chi connectivity index (χ1n) is 15.1. The molecule has 7 heteroatoms. The molecule has 258 valence electrons. The van der Waals surface area contributed by atoms with Gasteiger partial charge in [0.25, 0.3) is 0 Å². The summed E-state index contributed by atoms with van der Waals surface area (Å²) in [6.45, 7) is 23.8. The van der Waals surface area contributed by atoms with Gasteiger partial charge < -0.3 is 19.3 Å². The third-order valence-electron chi connectivity index (χ3n) is 6.03. The van der Waals surface area contributed by atoms with E-state index < -0.39 is 0 Å². The van der Waals surface area contributed by atoms with Crippen molar-refractivity contribution >= 4 is 24.3 Å². The number of amides is 1. The molecule has 1 amide bonds. The van der Waals surface area contributed by atoms with Crippen molar-refractivity contribution < 1.29 is 4.79 Å². The van der Waals surface area contributed by atoms with Crippen molar-refractivity contribution in [2.45, 2.75) is 53.4 Å². The van der Waals surface area contributed by atoms with E-state index in [-0.39, 0.29) is 20.8 Å². The van der Waals surface area contributed by atoms with Gasteiger partial charge in [-0.1, -0.05) is 103 Å². The summed E-state index contributed by atoms with van der Waals surface area (Å²) in [4.78, 5) is 24.5. The van der Waals surface area contributed by atoms with Crippen LogP contribution in [0.3, 0.4) is 0 Å². The third kappa shape index (κ3) is 25.2. The highest BCUT2D eigenvalue weighted by atomic mass is 16.2. The molecule has 3 aromatic rings. The standard InChI is InChI=1S/C8H13NO.C8H8.C7H11N.C7H7N.C5H6N2.C3H9N.2CH4/c1-2-9-7-5-3-4-6-8(9)10;1-2-8-6-4-3-5-7-8;1-3-8-6-4-5-7(8)2;1-2-7-3-5-8-6-4-7;1-2-7-4-3-6-5-7;1-4(2)3;;/h2H,1,3-7H2;2-7H,1H2;3H,1-2,4-6H2;2-6H,1H2;2-5H,1H2;1-3H3;2*1H4. The van der Waals surface area contributed by atoms with Crippen LogP contribution in [0.15, 0.2) is 131 Å². The van der Waals surface area contributed by atoms with Gasteiger partial charge in [-0.05, 0) is 82.5 Å². The van der Waals surface area contributed by atoms with Crippen LogP contribution in [0.25, 0.3) is 18.4 Å². The van der Waals surface area contributed by atoms with Crippen LogP contribution in [0, 0.1) is 0 Å². The third-order valence-corrected chi connectivity index (χ3v) is 6.03. The van der Waals surface area contributed by atoms with Crippen molar-refractivity contribution in [2.75, 3.05) is 34.2 Å². The molecule has 0 atom stereocenters. The van der Waals surface area contributed by atoms with E-state index in [9.17, 15) is 4.79 Å². The normalized spacial score (nSPS) is 12.6. The van der Waals surface area contributed by atoms with Gasteiger partial charge in [-0.25, -0.2) is 4.98 Å². The summed E-state index contributed by atoms with van der Waals surface area (Å²) in [7, 11) is 6.00. The number of benzene rings is 1. The van der Waals surface area contributed by atoms with Crippen LogP contribution in [0.4, 0.5) is 0 Å². The van der Waals surface area contributed by atoms with Gasteiger partial charge in [0.2, 0.25) is 5.91 Å². The van der Waals surface area contributed by atoms with E-state index in [1.807, 2.05) is 87.0 Å². The summed E-state index contributed by atoms with van der Waals surface area (Å²) in [5.74, 6) is 0.229. The largest absolute Gasteiger partial charge is 0.353 e. The van der Waals surface area contributed by atoms with Gasteiger partial charge in [0.05, 0.1) is 6.33 Å². The second-order valence-corrected chi connectivity index (χ2v) is 10.3. The van der Waals surface area contributed by atoms with Crippen LogP contribution in [-0.2, 0) is 4.79 Å². The quantitative estimate of drug-likeness (QED) is 0.277. The van der Waals surface area contributed by atoms with Crippen LogP contribution in [-0.4, -0.2) is 69.4 Å². The topological polar surface area (TPSA) is 57.5 Å². The number of allylic oxidation sites excluding steroid dienone is 1. The molecule has 0 saturated carbocycles. The van der Waals surface area contributed by atoms with Crippen LogP contribution >= 0.6 is 0 Å².